The number of carboxylic acids is 1. The average molecular weight is 269 g/mol. The average Bonchev–Trinajstić information content (AvgIpc) is 2.34. The van der Waals surface area contributed by atoms with Crippen molar-refractivity contribution in [2.75, 3.05) is 13.1 Å². The summed E-state index contributed by atoms with van der Waals surface area (Å²) < 4.78 is 0. The second kappa shape index (κ2) is 6.92. The van der Waals surface area contributed by atoms with E-state index in [0.717, 1.165) is 25.8 Å². The van der Waals surface area contributed by atoms with Crippen LogP contribution in [0.1, 0.15) is 59.3 Å². The van der Waals surface area contributed by atoms with Gasteiger partial charge in [0.2, 0.25) is 5.91 Å². The largest absolute Gasteiger partial charge is 0.481 e. The molecule has 4 nitrogen and oxygen atoms in total. The van der Waals surface area contributed by atoms with Gasteiger partial charge >= 0.3 is 5.97 Å². The lowest BCUT2D eigenvalue weighted by molar-refractivity contribution is -0.159. The van der Waals surface area contributed by atoms with Crippen LogP contribution in [0.15, 0.2) is 0 Å². The third-order valence-electron chi connectivity index (χ3n) is 4.62. The van der Waals surface area contributed by atoms with Crippen LogP contribution in [-0.4, -0.2) is 35.0 Å². The summed E-state index contributed by atoms with van der Waals surface area (Å²) in [6.45, 7) is 7.67. The van der Waals surface area contributed by atoms with Crippen LogP contribution in [0.4, 0.5) is 0 Å². The quantitative estimate of drug-likeness (QED) is 0.737. The van der Waals surface area contributed by atoms with Gasteiger partial charge in [0.1, 0.15) is 0 Å². The van der Waals surface area contributed by atoms with E-state index < -0.39 is 11.4 Å². The number of aliphatic carboxylic acids is 1. The molecule has 0 unspecified atom stereocenters. The van der Waals surface area contributed by atoms with Gasteiger partial charge in [0.05, 0.1) is 5.41 Å². The van der Waals surface area contributed by atoms with Crippen molar-refractivity contribution in [3.8, 4) is 0 Å². The number of carbonyl (C=O) groups excluding carboxylic acids is 1. The van der Waals surface area contributed by atoms with E-state index >= 15 is 0 Å². The lowest BCUT2D eigenvalue weighted by Crippen LogP contribution is -2.44. The van der Waals surface area contributed by atoms with Gasteiger partial charge in [-0.2, -0.15) is 0 Å². The van der Waals surface area contributed by atoms with E-state index in [1.807, 2.05) is 11.8 Å². The summed E-state index contributed by atoms with van der Waals surface area (Å²) in [5.41, 5.74) is -0.765. The van der Waals surface area contributed by atoms with Gasteiger partial charge in [0.25, 0.3) is 0 Å². The van der Waals surface area contributed by atoms with Gasteiger partial charge in [-0.3, -0.25) is 9.59 Å². The van der Waals surface area contributed by atoms with E-state index in [4.69, 9.17) is 0 Å². The van der Waals surface area contributed by atoms with Crippen LogP contribution in [0.25, 0.3) is 0 Å². The van der Waals surface area contributed by atoms with Crippen molar-refractivity contribution in [3.63, 3.8) is 0 Å². The molecule has 4 heteroatoms. The zero-order valence-corrected chi connectivity index (χ0v) is 12.4. The van der Waals surface area contributed by atoms with Gasteiger partial charge < -0.3 is 10.0 Å². The van der Waals surface area contributed by atoms with E-state index in [0.29, 0.717) is 25.3 Å². The Morgan fingerprint density at radius 1 is 1.21 bits per heavy atom. The van der Waals surface area contributed by atoms with Gasteiger partial charge in [0.15, 0.2) is 0 Å². The Bertz CT molecular complexity index is 319. The highest BCUT2D eigenvalue weighted by Crippen LogP contribution is 2.44. The van der Waals surface area contributed by atoms with Gasteiger partial charge in [0, 0.05) is 19.5 Å². The monoisotopic (exact) mass is 269 g/mol. The molecule has 1 aliphatic carbocycles. The van der Waals surface area contributed by atoms with Crippen LogP contribution in [0.2, 0.25) is 0 Å². The number of carboxylic acid groups (broad SMARTS) is 1. The Hall–Kier alpha value is -1.06. The summed E-state index contributed by atoms with van der Waals surface area (Å²) in [6.07, 6.45) is 4.52. The molecule has 1 N–H and O–H groups in total. The first-order valence-electron chi connectivity index (χ1n) is 7.50. The van der Waals surface area contributed by atoms with Crippen molar-refractivity contribution in [1.82, 2.24) is 4.90 Å². The first kappa shape index (κ1) is 16.0. The fourth-order valence-corrected chi connectivity index (χ4v) is 2.74. The van der Waals surface area contributed by atoms with Crippen molar-refractivity contribution in [2.45, 2.75) is 59.3 Å². The maximum atomic E-state index is 12.3. The topological polar surface area (TPSA) is 57.6 Å². The van der Waals surface area contributed by atoms with Crippen LogP contribution >= 0.6 is 0 Å². The molecule has 1 aliphatic rings. The SMILES string of the molecule is CCC(CC)CN(CC)C(=O)CC1(C(=O)O)CCC1. The molecule has 0 spiro atoms. The lowest BCUT2D eigenvalue weighted by Gasteiger charge is -2.38. The number of hydrogen-bond donors (Lipinski definition) is 1. The Kier molecular flexibility index (Phi) is 5.83. The van der Waals surface area contributed by atoms with Crippen LogP contribution in [0, 0.1) is 11.3 Å². The third-order valence-corrected chi connectivity index (χ3v) is 4.62. The Labute approximate surface area is 116 Å². The molecule has 0 aliphatic heterocycles. The number of hydrogen-bond acceptors (Lipinski definition) is 2. The molecule has 0 aromatic heterocycles. The predicted octanol–water partition coefficient (Wildman–Crippen LogP) is 2.92. The summed E-state index contributed by atoms with van der Waals surface area (Å²) in [5, 5.41) is 9.29. The van der Waals surface area contributed by atoms with E-state index in [-0.39, 0.29) is 12.3 Å². The second-order valence-electron chi connectivity index (χ2n) is 5.73. The van der Waals surface area contributed by atoms with Gasteiger partial charge in [-0.15, -0.1) is 0 Å². The van der Waals surface area contributed by atoms with Crippen molar-refractivity contribution < 1.29 is 14.7 Å². The number of nitrogens with zero attached hydrogens (tertiary/aromatic N) is 1. The molecule has 1 amide bonds. The smallest absolute Gasteiger partial charge is 0.310 e. The molecule has 1 saturated carbocycles. The summed E-state index contributed by atoms with van der Waals surface area (Å²) >= 11 is 0. The number of amides is 1. The molecule has 0 saturated heterocycles. The maximum Gasteiger partial charge on any atom is 0.310 e. The molecule has 110 valence electrons. The molecule has 0 bridgehead atoms. The normalized spacial score (nSPS) is 17.1. The van der Waals surface area contributed by atoms with Crippen molar-refractivity contribution in [3.05, 3.63) is 0 Å². The van der Waals surface area contributed by atoms with Crippen LogP contribution in [-0.2, 0) is 9.59 Å². The number of carbonyl (C=O) groups is 2. The van der Waals surface area contributed by atoms with Crippen molar-refractivity contribution >= 4 is 11.9 Å². The van der Waals surface area contributed by atoms with Crippen LogP contribution in [0.5, 0.6) is 0 Å². The molecule has 0 atom stereocenters. The lowest BCUT2D eigenvalue weighted by atomic mass is 9.66. The standard InChI is InChI=1S/C15H27NO3/c1-4-12(5-2)11-16(6-3)13(17)10-15(14(18)19)8-7-9-15/h12H,4-11H2,1-3H3,(H,18,19). The maximum absolute atomic E-state index is 12.3. The van der Waals surface area contributed by atoms with Crippen molar-refractivity contribution in [1.29, 1.82) is 0 Å². The zero-order valence-electron chi connectivity index (χ0n) is 12.4. The molecule has 0 aromatic carbocycles. The highest BCUT2D eigenvalue weighted by atomic mass is 16.4. The van der Waals surface area contributed by atoms with Crippen LogP contribution < -0.4 is 0 Å². The van der Waals surface area contributed by atoms with E-state index in [9.17, 15) is 14.7 Å². The highest BCUT2D eigenvalue weighted by Gasteiger charge is 2.46. The fraction of sp³-hybridized carbons (Fsp3) is 0.867. The first-order chi connectivity index (χ1) is 8.99. The van der Waals surface area contributed by atoms with E-state index in [2.05, 4.69) is 13.8 Å². The molecule has 1 rings (SSSR count). The summed E-state index contributed by atoms with van der Waals surface area (Å²) in [7, 11) is 0. The van der Waals surface area contributed by atoms with Crippen LogP contribution in [0.3, 0.4) is 0 Å². The van der Waals surface area contributed by atoms with E-state index in [1.54, 1.807) is 0 Å². The Balaban J connectivity index is 2.61. The van der Waals surface area contributed by atoms with Gasteiger partial charge in [-0.05, 0) is 25.7 Å². The highest BCUT2D eigenvalue weighted by molar-refractivity contribution is 5.85. The summed E-state index contributed by atoms with van der Waals surface area (Å²) in [5.74, 6) is -0.270. The molecule has 19 heavy (non-hydrogen) atoms. The Morgan fingerprint density at radius 3 is 2.11 bits per heavy atom. The molecular formula is C15H27NO3. The molecule has 1 fully saturated rings. The molecule has 0 aromatic rings. The summed E-state index contributed by atoms with van der Waals surface area (Å²) in [6, 6.07) is 0. The minimum Gasteiger partial charge on any atom is -0.481 e. The Morgan fingerprint density at radius 2 is 1.79 bits per heavy atom. The first-order valence-corrected chi connectivity index (χ1v) is 7.50. The summed E-state index contributed by atoms with van der Waals surface area (Å²) in [4.78, 5) is 25.5. The predicted molar refractivity (Wildman–Crippen MR) is 74.9 cm³/mol. The van der Waals surface area contributed by atoms with Gasteiger partial charge in [-0.25, -0.2) is 0 Å². The molecule has 0 heterocycles. The minimum absolute atomic E-state index is 0.0106. The van der Waals surface area contributed by atoms with E-state index in [1.165, 1.54) is 0 Å². The van der Waals surface area contributed by atoms with Crippen molar-refractivity contribution in [2.24, 2.45) is 11.3 Å². The third kappa shape index (κ3) is 3.71. The zero-order chi connectivity index (χ0) is 14.5. The molecule has 0 radical (unpaired) electrons. The minimum atomic E-state index is -0.800. The fourth-order valence-electron chi connectivity index (χ4n) is 2.74. The molecular weight excluding hydrogens is 242 g/mol. The number of rotatable bonds is 8. The van der Waals surface area contributed by atoms with Gasteiger partial charge in [-0.1, -0.05) is 33.1 Å². The second-order valence-corrected chi connectivity index (χ2v) is 5.73.